The van der Waals surface area contributed by atoms with Gasteiger partial charge in [0.15, 0.2) is 0 Å². The molecule has 2 amide bonds. The molecule has 1 unspecified atom stereocenters. The van der Waals surface area contributed by atoms with E-state index in [-0.39, 0.29) is 18.4 Å². The van der Waals surface area contributed by atoms with E-state index >= 15 is 0 Å². The number of benzene rings is 1. The van der Waals surface area contributed by atoms with Crippen LogP contribution >= 0.6 is 12.2 Å². The molecule has 0 radical (unpaired) electrons. The molecule has 0 aromatic heterocycles. The highest BCUT2D eigenvalue weighted by molar-refractivity contribution is 7.80. The van der Waals surface area contributed by atoms with Crippen molar-refractivity contribution in [3.8, 4) is 6.07 Å². The lowest BCUT2D eigenvalue weighted by Gasteiger charge is -2.36. The Kier molecular flexibility index (Phi) is 6.23. The van der Waals surface area contributed by atoms with Gasteiger partial charge in [-0.3, -0.25) is 9.69 Å². The van der Waals surface area contributed by atoms with Crippen LogP contribution in [0.15, 0.2) is 18.2 Å². The number of amides is 2. The summed E-state index contributed by atoms with van der Waals surface area (Å²) in [7, 11) is 0. The van der Waals surface area contributed by atoms with E-state index in [1.807, 2.05) is 11.0 Å². The van der Waals surface area contributed by atoms with Crippen molar-refractivity contribution in [2.24, 2.45) is 5.92 Å². The topological polar surface area (TPSA) is 88.9 Å². The van der Waals surface area contributed by atoms with Gasteiger partial charge < -0.3 is 19.9 Å². The summed E-state index contributed by atoms with van der Waals surface area (Å²) in [5, 5.41) is 11.8. The number of halogens is 1. The van der Waals surface area contributed by atoms with Crippen molar-refractivity contribution in [2.75, 3.05) is 49.1 Å². The summed E-state index contributed by atoms with van der Waals surface area (Å²) in [5.74, 6) is -0.178. The van der Waals surface area contributed by atoms with Gasteiger partial charge in [0.1, 0.15) is 18.3 Å². The SMILES string of the molecule is N#CCC(=O)N1CCN(c2ccc(N3CC(CNC(=S)C4CC4)OC3=O)cc2F)CC1. The molecule has 10 heteroatoms. The fraction of sp³-hybridized carbons (Fsp3) is 0.524. The minimum absolute atomic E-state index is 0.141. The fourth-order valence-corrected chi connectivity index (χ4v) is 4.16. The number of carbonyl (C=O) groups is 2. The second kappa shape index (κ2) is 9.06. The van der Waals surface area contributed by atoms with Crippen LogP contribution in [0.25, 0.3) is 0 Å². The van der Waals surface area contributed by atoms with Crippen molar-refractivity contribution in [3.63, 3.8) is 0 Å². The van der Waals surface area contributed by atoms with Crippen LogP contribution in [0.5, 0.6) is 0 Å². The van der Waals surface area contributed by atoms with Crippen LogP contribution in [0, 0.1) is 23.1 Å². The zero-order chi connectivity index (χ0) is 22.0. The third-order valence-corrected chi connectivity index (χ3v) is 6.25. The molecule has 3 fully saturated rings. The van der Waals surface area contributed by atoms with Gasteiger partial charge in [0.05, 0.1) is 35.5 Å². The minimum Gasteiger partial charge on any atom is -0.442 e. The van der Waals surface area contributed by atoms with E-state index in [1.165, 1.54) is 11.0 Å². The summed E-state index contributed by atoms with van der Waals surface area (Å²) in [6.07, 6.45) is 1.24. The molecule has 1 aliphatic carbocycles. The molecule has 2 heterocycles. The predicted octanol–water partition coefficient (Wildman–Crippen LogP) is 2.04. The first-order valence-electron chi connectivity index (χ1n) is 10.4. The average Bonchev–Trinajstić information content (AvgIpc) is 3.55. The Morgan fingerprint density at radius 3 is 2.68 bits per heavy atom. The van der Waals surface area contributed by atoms with E-state index < -0.39 is 11.9 Å². The van der Waals surface area contributed by atoms with Gasteiger partial charge in [-0.15, -0.1) is 0 Å². The van der Waals surface area contributed by atoms with Gasteiger partial charge >= 0.3 is 6.09 Å². The second-order valence-electron chi connectivity index (χ2n) is 7.97. The van der Waals surface area contributed by atoms with Gasteiger partial charge in [-0.25, -0.2) is 9.18 Å². The number of carbonyl (C=O) groups excluding carboxylic acids is 2. The Balaban J connectivity index is 1.34. The van der Waals surface area contributed by atoms with Gasteiger partial charge in [-0.05, 0) is 31.0 Å². The van der Waals surface area contributed by atoms with Crippen LogP contribution in [0.1, 0.15) is 19.3 Å². The Morgan fingerprint density at radius 2 is 2.03 bits per heavy atom. The number of rotatable bonds is 6. The Labute approximate surface area is 185 Å². The molecule has 1 aromatic rings. The molecular formula is C21H24FN5O3S. The van der Waals surface area contributed by atoms with Gasteiger partial charge in [0, 0.05) is 32.1 Å². The highest BCUT2D eigenvalue weighted by Gasteiger charge is 2.34. The van der Waals surface area contributed by atoms with Crippen LogP contribution < -0.4 is 15.1 Å². The lowest BCUT2D eigenvalue weighted by molar-refractivity contribution is -0.130. The van der Waals surface area contributed by atoms with Gasteiger partial charge in [-0.1, -0.05) is 12.2 Å². The van der Waals surface area contributed by atoms with Crippen molar-refractivity contribution in [3.05, 3.63) is 24.0 Å². The van der Waals surface area contributed by atoms with Crippen molar-refractivity contribution in [1.29, 1.82) is 5.26 Å². The first-order chi connectivity index (χ1) is 15.0. The van der Waals surface area contributed by atoms with Crippen LogP contribution in [0.4, 0.5) is 20.6 Å². The zero-order valence-electron chi connectivity index (χ0n) is 17.1. The number of nitrogens with zero attached hydrogens (tertiary/aromatic N) is 4. The first kappa shape index (κ1) is 21.3. The summed E-state index contributed by atoms with van der Waals surface area (Å²) < 4.78 is 20.3. The number of hydrogen-bond acceptors (Lipinski definition) is 6. The van der Waals surface area contributed by atoms with Crippen LogP contribution in [-0.2, 0) is 9.53 Å². The molecule has 0 bridgehead atoms. The highest BCUT2D eigenvalue weighted by Crippen LogP contribution is 2.30. The fourth-order valence-electron chi connectivity index (χ4n) is 3.84. The summed E-state index contributed by atoms with van der Waals surface area (Å²) in [6, 6.07) is 6.56. The minimum atomic E-state index is -0.499. The lowest BCUT2D eigenvalue weighted by atomic mass is 10.2. The average molecular weight is 446 g/mol. The number of ether oxygens (including phenoxy) is 1. The van der Waals surface area contributed by atoms with E-state index in [0.29, 0.717) is 56.6 Å². The van der Waals surface area contributed by atoms with Crippen molar-refractivity contribution in [1.82, 2.24) is 10.2 Å². The molecule has 0 spiro atoms. The molecule has 31 heavy (non-hydrogen) atoms. The maximum absolute atomic E-state index is 14.9. The van der Waals surface area contributed by atoms with Gasteiger partial charge in [0.25, 0.3) is 0 Å². The summed E-state index contributed by atoms with van der Waals surface area (Å²) in [5.41, 5.74) is 0.873. The van der Waals surface area contributed by atoms with E-state index in [9.17, 15) is 14.0 Å². The Hall–Kier alpha value is -2.93. The lowest BCUT2D eigenvalue weighted by Crippen LogP contribution is -2.49. The zero-order valence-corrected chi connectivity index (χ0v) is 17.9. The molecule has 4 rings (SSSR count). The molecule has 1 N–H and O–H groups in total. The Bertz CT molecular complexity index is 924. The molecule has 8 nitrogen and oxygen atoms in total. The molecule has 164 valence electrons. The third-order valence-electron chi connectivity index (χ3n) is 5.77. The number of cyclic esters (lactones) is 1. The number of anilines is 2. The van der Waals surface area contributed by atoms with Crippen LogP contribution in [0.3, 0.4) is 0 Å². The maximum atomic E-state index is 14.9. The summed E-state index contributed by atoms with van der Waals surface area (Å²) in [6.45, 7) is 2.63. The summed E-state index contributed by atoms with van der Waals surface area (Å²) in [4.78, 5) is 29.8. The molecule has 1 atom stereocenters. The van der Waals surface area contributed by atoms with Crippen molar-refractivity contribution >= 4 is 40.6 Å². The first-order valence-corrected chi connectivity index (χ1v) is 10.8. The normalized spacial score (nSPS) is 21.0. The van der Waals surface area contributed by atoms with Gasteiger partial charge in [0.2, 0.25) is 5.91 Å². The van der Waals surface area contributed by atoms with Gasteiger partial charge in [-0.2, -0.15) is 5.26 Å². The molecule has 2 aliphatic heterocycles. The second-order valence-corrected chi connectivity index (χ2v) is 8.41. The number of nitriles is 1. The molecular weight excluding hydrogens is 421 g/mol. The molecule has 1 aromatic carbocycles. The van der Waals surface area contributed by atoms with Crippen molar-refractivity contribution in [2.45, 2.75) is 25.4 Å². The number of nitrogens with one attached hydrogen (secondary N) is 1. The predicted molar refractivity (Wildman–Crippen MR) is 116 cm³/mol. The Morgan fingerprint density at radius 1 is 1.29 bits per heavy atom. The van der Waals surface area contributed by atoms with E-state index in [2.05, 4.69) is 5.32 Å². The summed E-state index contributed by atoms with van der Waals surface area (Å²) >= 11 is 5.30. The van der Waals surface area contributed by atoms with E-state index in [1.54, 1.807) is 17.0 Å². The van der Waals surface area contributed by atoms with E-state index in [4.69, 9.17) is 22.2 Å². The number of hydrogen-bond donors (Lipinski definition) is 1. The molecule has 1 saturated carbocycles. The smallest absolute Gasteiger partial charge is 0.414 e. The van der Waals surface area contributed by atoms with Crippen LogP contribution in [-0.4, -0.2) is 67.3 Å². The third kappa shape index (κ3) is 4.88. The molecule has 3 aliphatic rings. The number of piperazine rings is 1. The molecule has 2 saturated heterocycles. The monoisotopic (exact) mass is 445 g/mol. The van der Waals surface area contributed by atoms with Crippen LogP contribution in [0.2, 0.25) is 0 Å². The van der Waals surface area contributed by atoms with E-state index in [0.717, 1.165) is 17.8 Å². The highest BCUT2D eigenvalue weighted by atomic mass is 32.1. The number of thiocarbonyl (C=S) groups is 1. The maximum Gasteiger partial charge on any atom is 0.414 e. The van der Waals surface area contributed by atoms with Crippen molar-refractivity contribution < 1.29 is 18.7 Å². The quantitative estimate of drug-likeness (QED) is 0.671. The largest absolute Gasteiger partial charge is 0.442 e. The standard InChI is InChI=1S/C21H24FN5O3S/c22-17-11-15(27-13-16(30-21(27)29)12-24-20(31)14-1-2-14)3-4-18(17)25-7-9-26(10-8-25)19(28)5-6-23/h3-4,11,14,16H,1-2,5,7-10,12-13H2,(H,24,31).